The summed E-state index contributed by atoms with van der Waals surface area (Å²) in [6.45, 7) is 12.5. The Labute approximate surface area is 689 Å². The van der Waals surface area contributed by atoms with Crippen LogP contribution >= 0.6 is 23.5 Å². The van der Waals surface area contributed by atoms with Crippen molar-refractivity contribution in [1.29, 1.82) is 0 Å². The van der Waals surface area contributed by atoms with E-state index in [1.165, 1.54) is 0 Å². The Kier molecular flexibility index (Phi) is 40.0. The van der Waals surface area contributed by atoms with E-state index >= 15 is 0 Å². The number of hydrogen-bond donors (Lipinski definition) is 2. The molecule has 0 aliphatic carbocycles. The van der Waals surface area contributed by atoms with E-state index in [1.807, 2.05) is 0 Å². The molecule has 2 aromatic rings. The van der Waals surface area contributed by atoms with Gasteiger partial charge in [-0.1, -0.05) is 74.9 Å². The van der Waals surface area contributed by atoms with Gasteiger partial charge in [0.2, 0.25) is 11.8 Å². The molecule has 0 unspecified atom stereocenters. The molecular formula is C78H104N2O36S2. The highest BCUT2D eigenvalue weighted by atomic mass is 32.2. The van der Waals surface area contributed by atoms with Gasteiger partial charge in [0.15, 0.2) is 73.6 Å². The fraction of sp³-hybridized carbons (Fsp3) is 0.641. The highest BCUT2D eigenvalue weighted by molar-refractivity contribution is 8.00. The summed E-state index contributed by atoms with van der Waals surface area (Å²) < 4.78 is 116. The van der Waals surface area contributed by atoms with Crippen LogP contribution < -0.4 is 10.6 Å². The molecule has 6 rings (SSSR count). The first-order chi connectivity index (χ1) is 55.8. The Morgan fingerprint density at radius 1 is 0.263 bits per heavy atom. The van der Waals surface area contributed by atoms with Gasteiger partial charge < -0.3 is 105 Å². The number of anilines is 2. The smallest absolute Gasteiger partial charge is 0.303 e. The van der Waals surface area contributed by atoms with Gasteiger partial charge in [-0.05, 0) is 61.4 Å². The molecular weight excluding hydrogens is 1600 g/mol. The summed E-state index contributed by atoms with van der Waals surface area (Å²) in [4.78, 5) is 203. The predicted octanol–water partition coefficient (Wildman–Crippen LogP) is 6.37. The van der Waals surface area contributed by atoms with E-state index < -0.39 is 231 Å². The van der Waals surface area contributed by atoms with Crippen molar-refractivity contribution in [2.24, 2.45) is 0 Å². The minimum Gasteiger partial charge on any atom is -0.463 e. The largest absolute Gasteiger partial charge is 0.463 e. The first-order valence-corrected chi connectivity index (χ1v) is 39.9. The van der Waals surface area contributed by atoms with Gasteiger partial charge in [0, 0.05) is 131 Å². The maximum Gasteiger partial charge on any atom is 0.303 e. The number of carbonyl (C=O) groups is 16. The molecule has 654 valence electrons. The average molecular weight is 1710 g/mol. The van der Waals surface area contributed by atoms with Gasteiger partial charge in [-0.25, -0.2) is 0 Å². The van der Waals surface area contributed by atoms with Gasteiger partial charge >= 0.3 is 83.6 Å². The zero-order valence-electron chi connectivity index (χ0n) is 68.0. The van der Waals surface area contributed by atoms with E-state index in [2.05, 4.69) is 10.6 Å². The lowest BCUT2D eigenvalue weighted by Crippen LogP contribution is -2.66. The van der Waals surface area contributed by atoms with Gasteiger partial charge in [-0.15, -0.1) is 0 Å². The van der Waals surface area contributed by atoms with E-state index in [0.29, 0.717) is 34.0 Å². The SMILES string of the molecule is CC(=O)OC[C@H]1O[C@@H](Sc2ccc(NC(=O)CCCCCCCCCCCCC(=O)Nc3ccc(S[C@@H]4O[C@H](COC(C)=O)[C@@H](O[C@@H]5O[C@H](COC(C)=O)[C@@H](OC(C)=O)[C@H](OC(C)=O)[C@H]5OC(C)=O)[C@H](OC(C)=O)[C@H]4OC(C)=O)cc3)cc2)[C@H](OC(C)=O)[C@@H](OC(C)=O)[C@@H]1O[C@@H]1O[C@H](COC(C)=O)[C@@H](OC(C)=O)[C@H](OC(C)=O)[C@H]1OC(C)=O. The molecule has 0 spiro atoms. The second-order valence-corrected chi connectivity index (χ2v) is 30.1. The summed E-state index contributed by atoms with van der Waals surface area (Å²) in [5, 5.41) is 5.79. The van der Waals surface area contributed by atoms with Crippen LogP contribution in [0.2, 0.25) is 0 Å². The quantitative estimate of drug-likeness (QED) is 0.0415. The van der Waals surface area contributed by atoms with E-state index in [-0.39, 0.29) is 24.7 Å². The Morgan fingerprint density at radius 3 is 0.737 bits per heavy atom. The molecule has 0 saturated carbocycles. The second-order valence-electron chi connectivity index (χ2n) is 27.7. The van der Waals surface area contributed by atoms with Gasteiger partial charge in [0.1, 0.15) is 73.9 Å². The van der Waals surface area contributed by atoms with Gasteiger partial charge in [0.05, 0.1) is 0 Å². The van der Waals surface area contributed by atoms with E-state index in [0.717, 1.165) is 172 Å². The predicted molar refractivity (Wildman–Crippen MR) is 404 cm³/mol. The van der Waals surface area contributed by atoms with E-state index in [4.69, 9.17) is 94.7 Å². The zero-order valence-corrected chi connectivity index (χ0v) is 69.6. The number of nitrogens with one attached hydrogen (secondary N) is 2. The van der Waals surface area contributed by atoms with Crippen LogP contribution in [0.4, 0.5) is 11.4 Å². The summed E-state index contributed by atoms with van der Waals surface area (Å²) in [5.74, 6) is -12.5. The van der Waals surface area contributed by atoms with Crippen molar-refractivity contribution in [2.45, 2.75) is 305 Å². The molecule has 2 amide bonds. The first kappa shape index (κ1) is 97.3. The van der Waals surface area contributed by atoms with Gasteiger partial charge in [-0.3, -0.25) is 76.7 Å². The Hall–Kier alpha value is -9.58. The summed E-state index contributed by atoms with van der Waals surface area (Å²) >= 11 is 2.03. The Morgan fingerprint density at radius 2 is 0.483 bits per heavy atom. The highest BCUT2D eigenvalue weighted by Gasteiger charge is 2.60. The molecule has 118 heavy (non-hydrogen) atoms. The lowest BCUT2D eigenvalue weighted by atomic mass is 9.96. The molecule has 40 heteroatoms. The van der Waals surface area contributed by atoms with Crippen molar-refractivity contribution in [3.05, 3.63) is 48.5 Å². The number of esters is 14. The van der Waals surface area contributed by atoms with E-state index in [1.54, 1.807) is 48.5 Å². The number of benzene rings is 2. The third-order valence-corrected chi connectivity index (χ3v) is 19.9. The molecule has 0 bridgehead atoms. The molecule has 38 nitrogen and oxygen atoms in total. The molecule has 4 aliphatic heterocycles. The summed E-state index contributed by atoms with van der Waals surface area (Å²) in [6, 6.07) is 13.2. The number of rotatable bonds is 41. The monoisotopic (exact) mass is 1710 g/mol. The minimum absolute atomic E-state index is 0.214. The summed E-state index contributed by atoms with van der Waals surface area (Å²) in [6.07, 6.45) is -19.7. The number of carbonyl (C=O) groups excluding carboxylic acids is 16. The van der Waals surface area contributed by atoms with Crippen LogP contribution in [0.5, 0.6) is 0 Å². The van der Waals surface area contributed by atoms with Crippen molar-refractivity contribution in [3.63, 3.8) is 0 Å². The van der Waals surface area contributed by atoms with Crippen molar-refractivity contribution in [2.75, 3.05) is 37.1 Å². The first-order valence-electron chi connectivity index (χ1n) is 38.2. The number of amides is 2. The molecule has 4 fully saturated rings. The second kappa shape index (κ2) is 48.5. The van der Waals surface area contributed by atoms with Crippen LogP contribution in [0.1, 0.15) is 174 Å². The van der Waals surface area contributed by atoms with Crippen LogP contribution in [0.15, 0.2) is 58.3 Å². The number of thioether (sulfide) groups is 2. The Balaban J connectivity index is 0.971. The molecule has 0 radical (unpaired) electrons. The third-order valence-electron chi connectivity index (χ3n) is 17.6. The van der Waals surface area contributed by atoms with Crippen LogP contribution in [-0.4, -0.2) is 243 Å². The maximum absolute atomic E-state index is 13.1. The standard InChI is InChI=1S/C78H104N2O36S2/c1-39(81)97-35-57-63(101-43(5)85)67(103-45(7)87)71(107-49(11)91)75(111-57)115-65-59(37-99-41(3)83)113-77(73(109-51(13)93)69(65)105-47(9)89)117-55-31-27-53(28-32-55)79-61(95)25-23-21-19-17-15-16-18-20-22-24-26-62(96)80-54-29-33-56(34-30-54)118-78-74(110-52(14)94)70(106-48(10)90)66(60(114-78)38-100-42(4)84)116-76-72(108-50(12)92)68(104-46(8)88)64(102-44(6)86)58(112-76)36-98-40(2)82/h27-34,57-60,63-78H,15-26,35-38H2,1-14H3,(H,79,95)(H,80,96)/t57-,58-,59-,60-,63-,64-,65-,66-,67+,68+,69+,70+,71-,72-,73-,74-,75+,76+,77+,78+/m1/s1. The normalized spacial score (nSPS) is 26.5. The molecule has 4 saturated heterocycles. The van der Waals surface area contributed by atoms with Crippen LogP contribution in [-0.2, 0) is 171 Å². The lowest BCUT2D eigenvalue weighted by Gasteiger charge is -2.48. The minimum atomic E-state index is -1.85. The van der Waals surface area contributed by atoms with Crippen LogP contribution in [0, 0.1) is 0 Å². The van der Waals surface area contributed by atoms with Crippen molar-refractivity contribution >= 4 is 130 Å². The molecule has 4 aliphatic rings. The maximum atomic E-state index is 13.1. The fourth-order valence-electron chi connectivity index (χ4n) is 13.1. The lowest BCUT2D eigenvalue weighted by molar-refractivity contribution is -0.341. The molecule has 20 atom stereocenters. The molecule has 4 heterocycles. The Bertz CT molecular complexity index is 3550. The number of unbranched alkanes of at least 4 members (excludes halogenated alkanes) is 9. The van der Waals surface area contributed by atoms with Crippen LogP contribution in [0.25, 0.3) is 0 Å². The van der Waals surface area contributed by atoms with Gasteiger partial charge in [0.25, 0.3) is 0 Å². The van der Waals surface area contributed by atoms with E-state index in [9.17, 15) is 76.7 Å². The number of hydrogen-bond acceptors (Lipinski definition) is 38. The summed E-state index contributed by atoms with van der Waals surface area (Å²) in [7, 11) is 0. The van der Waals surface area contributed by atoms with Crippen molar-refractivity contribution in [3.8, 4) is 0 Å². The fourth-order valence-corrected chi connectivity index (χ4v) is 15.3. The van der Waals surface area contributed by atoms with Crippen molar-refractivity contribution in [1.82, 2.24) is 0 Å². The molecule has 2 aromatic carbocycles. The van der Waals surface area contributed by atoms with Crippen molar-refractivity contribution < 1.29 is 171 Å². The summed E-state index contributed by atoms with van der Waals surface area (Å²) in [5.41, 5.74) is -1.53. The third kappa shape index (κ3) is 33.0. The highest BCUT2D eigenvalue weighted by Crippen LogP contribution is 2.43. The zero-order chi connectivity index (χ0) is 87.0. The average Bonchev–Trinajstić information content (AvgIpc) is 0.769. The molecule has 2 N–H and O–H groups in total. The number of ether oxygens (including phenoxy) is 20. The molecule has 0 aromatic heterocycles. The van der Waals surface area contributed by atoms with Gasteiger partial charge in [-0.2, -0.15) is 0 Å². The van der Waals surface area contributed by atoms with Crippen LogP contribution in [0.3, 0.4) is 0 Å². The topological polar surface area (TPSA) is 482 Å².